The number of hydrogen-bond donors (Lipinski definition) is 2. The Balaban J connectivity index is 2.10. The third-order valence-corrected chi connectivity index (χ3v) is 5.32. The zero-order valence-corrected chi connectivity index (χ0v) is 18.4. The Morgan fingerprint density at radius 1 is 1.16 bits per heavy atom. The highest BCUT2D eigenvalue weighted by Crippen LogP contribution is 2.45. The predicted molar refractivity (Wildman–Crippen MR) is 124 cm³/mol. The van der Waals surface area contributed by atoms with Gasteiger partial charge in [0.2, 0.25) is 5.43 Å². The molecule has 5 heteroatoms. The normalized spacial score (nSPS) is 15.1. The molecule has 0 saturated carbocycles. The summed E-state index contributed by atoms with van der Waals surface area (Å²) in [6, 6.07) is 4.38. The molecule has 1 aliphatic heterocycles. The molecule has 5 nitrogen and oxygen atoms in total. The van der Waals surface area contributed by atoms with E-state index < -0.39 is 11.0 Å². The van der Waals surface area contributed by atoms with Crippen molar-refractivity contribution >= 4 is 28.0 Å². The Morgan fingerprint density at radius 3 is 2.61 bits per heavy atom. The second-order valence-corrected chi connectivity index (χ2v) is 8.80. The maximum atomic E-state index is 13.3. The second-order valence-electron chi connectivity index (χ2n) is 8.80. The zero-order chi connectivity index (χ0) is 22.5. The SMILES string of the molecule is CC(C)=C/C(C)=C/Cc1c2c(c(O)c3c(=O)c4cc(O)ccc4oc13)C=CC(C)(C)O2. The van der Waals surface area contributed by atoms with Crippen LogP contribution in [0.3, 0.4) is 0 Å². The van der Waals surface area contributed by atoms with Crippen LogP contribution < -0.4 is 10.2 Å². The van der Waals surface area contributed by atoms with Gasteiger partial charge in [-0.25, -0.2) is 0 Å². The minimum Gasteiger partial charge on any atom is -0.508 e. The van der Waals surface area contributed by atoms with Gasteiger partial charge in [0.25, 0.3) is 0 Å². The van der Waals surface area contributed by atoms with Crippen molar-refractivity contribution in [2.45, 2.75) is 46.6 Å². The Kier molecular flexibility index (Phi) is 4.92. The van der Waals surface area contributed by atoms with Gasteiger partial charge in [0, 0.05) is 5.56 Å². The number of benzene rings is 2. The number of phenols is 2. The molecule has 0 amide bonds. The van der Waals surface area contributed by atoms with Gasteiger partial charge in [0.1, 0.15) is 39.4 Å². The van der Waals surface area contributed by atoms with E-state index in [0.29, 0.717) is 34.5 Å². The summed E-state index contributed by atoms with van der Waals surface area (Å²) in [5.41, 5.74) is 3.10. The van der Waals surface area contributed by atoms with Gasteiger partial charge in [-0.3, -0.25) is 4.79 Å². The van der Waals surface area contributed by atoms with Crippen molar-refractivity contribution in [2.75, 3.05) is 0 Å². The molecule has 0 bridgehead atoms. The van der Waals surface area contributed by atoms with Crippen molar-refractivity contribution in [3.8, 4) is 17.2 Å². The van der Waals surface area contributed by atoms with E-state index in [1.807, 2.05) is 40.7 Å². The molecule has 0 aliphatic carbocycles. The maximum Gasteiger partial charge on any atom is 0.204 e. The van der Waals surface area contributed by atoms with Crippen LogP contribution in [0, 0.1) is 0 Å². The highest BCUT2D eigenvalue weighted by molar-refractivity contribution is 5.99. The van der Waals surface area contributed by atoms with E-state index in [9.17, 15) is 15.0 Å². The summed E-state index contributed by atoms with van der Waals surface area (Å²) in [7, 11) is 0. The number of aromatic hydroxyl groups is 2. The van der Waals surface area contributed by atoms with Crippen LogP contribution >= 0.6 is 0 Å². The third-order valence-electron chi connectivity index (χ3n) is 5.32. The fourth-order valence-electron chi connectivity index (χ4n) is 3.93. The Morgan fingerprint density at radius 2 is 1.90 bits per heavy atom. The van der Waals surface area contributed by atoms with Crippen LogP contribution in [0.5, 0.6) is 17.2 Å². The molecule has 0 atom stereocenters. The molecule has 0 spiro atoms. The number of fused-ring (bicyclic) bond motifs is 3. The molecular formula is C26H26O5. The van der Waals surface area contributed by atoms with Crippen LogP contribution in [0.1, 0.15) is 45.7 Å². The van der Waals surface area contributed by atoms with Crippen LogP contribution in [0.2, 0.25) is 0 Å². The first-order chi connectivity index (χ1) is 14.6. The molecule has 2 N–H and O–H groups in total. The highest BCUT2D eigenvalue weighted by Gasteiger charge is 2.30. The standard InChI is InChI=1S/C26H26O5/c1-14(2)12-15(3)6-8-18-24-17(10-11-26(4,5)31-24)22(28)21-23(29)19-13-16(27)7-9-20(19)30-25(18)21/h6-7,9-13,27-28H,8H2,1-5H3/b15-6+. The minimum atomic E-state index is -0.566. The Bertz CT molecular complexity index is 1360. The molecule has 0 saturated heterocycles. The van der Waals surface area contributed by atoms with E-state index >= 15 is 0 Å². The molecule has 0 radical (unpaired) electrons. The molecule has 3 aromatic rings. The third kappa shape index (κ3) is 3.72. The van der Waals surface area contributed by atoms with Gasteiger partial charge in [0.15, 0.2) is 0 Å². The molecule has 2 aromatic carbocycles. The molecule has 1 aromatic heterocycles. The molecule has 4 rings (SSSR count). The lowest BCUT2D eigenvalue weighted by Crippen LogP contribution is -2.28. The summed E-state index contributed by atoms with van der Waals surface area (Å²) in [5.74, 6) is 0.298. The fourth-order valence-corrected chi connectivity index (χ4v) is 3.93. The lowest BCUT2D eigenvalue weighted by atomic mass is 9.94. The van der Waals surface area contributed by atoms with E-state index in [1.54, 1.807) is 12.1 Å². The largest absolute Gasteiger partial charge is 0.508 e. The van der Waals surface area contributed by atoms with E-state index in [2.05, 4.69) is 12.2 Å². The van der Waals surface area contributed by atoms with E-state index in [-0.39, 0.29) is 22.3 Å². The summed E-state index contributed by atoms with van der Waals surface area (Å²) in [4.78, 5) is 13.3. The van der Waals surface area contributed by atoms with Gasteiger partial charge in [-0.2, -0.15) is 0 Å². The molecule has 0 unspecified atom stereocenters. The Labute approximate surface area is 180 Å². The van der Waals surface area contributed by atoms with Crippen LogP contribution in [0.25, 0.3) is 28.0 Å². The lowest BCUT2D eigenvalue weighted by molar-refractivity contribution is 0.157. The fraction of sp³-hybridized carbons (Fsp3) is 0.269. The van der Waals surface area contributed by atoms with Crippen molar-refractivity contribution in [3.63, 3.8) is 0 Å². The van der Waals surface area contributed by atoms with E-state index in [0.717, 1.165) is 5.57 Å². The topological polar surface area (TPSA) is 79.9 Å². The second kappa shape index (κ2) is 7.34. The predicted octanol–water partition coefficient (Wildman–Crippen LogP) is 6.00. The first kappa shape index (κ1) is 20.8. The van der Waals surface area contributed by atoms with Crippen molar-refractivity contribution in [3.05, 3.63) is 68.9 Å². The van der Waals surface area contributed by atoms with Crippen molar-refractivity contribution in [1.82, 2.24) is 0 Å². The van der Waals surface area contributed by atoms with E-state index in [4.69, 9.17) is 9.15 Å². The highest BCUT2D eigenvalue weighted by atomic mass is 16.5. The molecule has 2 heterocycles. The number of allylic oxidation sites excluding steroid dienone is 4. The quantitative estimate of drug-likeness (QED) is 0.403. The monoisotopic (exact) mass is 418 g/mol. The van der Waals surface area contributed by atoms with Gasteiger partial charge in [0.05, 0.1) is 10.9 Å². The van der Waals surface area contributed by atoms with Crippen molar-refractivity contribution < 1.29 is 19.4 Å². The number of rotatable bonds is 3. The van der Waals surface area contributed by atoms with Gasteiger partial charge in [-0.1, -0.05) is 23.3 Å². The molecule has 160 valence electrons. The molecular weight excluding hydrogens is 392 g/mol. The van der Waals surface area contributed by atoms with Crippen LogP contribution in [0.4, 0.5) is 0 Å². The molecule has 31 heavy (non-hydrogen) atoms. The minimum absolute atomic E-state index is 0.0397. The maximum absolute atomic E-state index is 13.3. The summed E-state index contributed by atoms with van der Waals surface area (Å²) in [6.07, 6.45) is 8.23. The van der Waals surface area contributed by atoms with E-state index in [1.165, 1.54) is 17.7 Å². The summed E-state index contributed by atoms with van der Waals surface area (Å²) < 4.78 is 12.4. The van der Waals surface area contributed by atoms with Gasteiger partial charge < -0.3 is 19.4 Å². The van der Waals surface area contributed by atoms with Gasteiger partial charge in [-0.05, 0) is 71.4 Å². The van der Waals surface area contributed by atoms with Gasteiger partial charge >= 0.3 is 0 Å². The lowest BCUT2D eigenvalue weighted by Gasteiger charge is -2.30. The Hall–Kier alpha value is -3.47. The first-order valence-electron chi connectivity index (χ1n) is 10.2. The van der Waals surface area contributed by atoms with Crippen LogP contribution in [-0.2, 0) is 6.42 Å². The summed E-state index contributed by atoms with van der Waals surface area (Å²) >= 11 is 0. The van der Waals surface area contributed by atoms with Crippen molar-refractivity contribution in [1.29, 1.82) is 0 Å². The van der Waals surface area contributed by atoms with Crippen LogP contribution in [-0.4, -0.2) is 15.8 Å². The smallest absolute Gasteiger partial charge is 0.204 e. The van der Waals surface area contributed by atoms with Crippen LogP contribution in [0.15, 0.2) is 56.8 Å². The summed E-state index contributed by atoms with van der Waals surface area (Å²) in [6.45, 7) is 9.95. The molecule has 0 fully saturated rings. The zero-order valence-electron chi connectivity index (χ0n) is 18.4. The number of phenolic OH excluding ortho intramolecular Hbond substituents is 2. The number of hydrogen-bond acceptors (Lipinski definition) is 5. The average Bonchev–Trinajstić information content (AvgIpc) is 2.67. The number of ether oxygens (including phenoxy) is 1. The van der Waals surface area contributed by atoms with Gasteiger partial charge in [-0.15, -0.1) is 0 Å². The first-order valence-corrected chi connectivity index (χ1v) is 10.2. The average molecular weight is 418 g/mol. The molecule has 1 aliphatic rings. The van der Waals surface area contributed by atoms with Crippen molar-refractivity contribution in [2.24, 2.45) is 0 Å². The summed E-state index contributed by atoms with van der Waals surface area (Å²) in [5, 5.41) is 21.2.